The van der Waals surface area contributed by atoms with Crippen molar-refractivity contribution in [2.75, 3.05) is 6.61 Å². The number of hydrogen-bond donors (Lipinski definition) is 4. The molecule has 3 aliphatic heterocycles. The topological polar surface area (TPSA) is 116 Å². The molecule has 1 saturated carbocycles. The third kappa shape index (κ3) is 1.02. The highest BCUT2D eigenvalue weighted by Crippen LogP contribution is 2.79. The summed E-state index contributed by atoms with van der Waals surface area (Å²) in [6.45, 7) is 4.67. The molecule has 1 spiro atoms. The first-order valence-corrected chi connectivity index (χ1v) is 7.68. The summed E-state index contributed by atoms with van der Waals surface area (Å²) in [5.41, 5.74) is -5.56. The van der Waals surface area contributed by atoms with E-state index in [2.05, 4.69) is 0 Å². The average Bonchev–Trinajstić information content (AvgIpc) is 2.88. The first-order chi connectivity index (χ1) is 10.0. The number of hydrogen-bond acceptors (Lipinski definition) is 7. The molecule has 3 heterocycles. The summed E-state index contributed by atoms with van der Waals surface area (Å²) in [5.74, 6) is -3.00. The number of esters is 1. The second-order valence-electron chi connectivity index (χ2n) is 7.91. The van der Waals surface area contributed by atoms with E-state index in [1.54, 1.807) is 6.92 Å². The second kappa shape index (κ2) is 3.52. The van der Waals surface area contributed by atoms with Crippen LogP contribution in [0.15, 0.2) is 0 Å². The van der Waals surface area contributed by atoms with Crippen LogP contribution < -0.4 is 0 Å². The average molecular weight is 314 g/mol. The molecule has 22 heavy (non-hydrogen) atoms. The molecule has 1 aliphatic carbocycles. The quantitative estimate of drug-likeness (QED) is 0.420. The fraction of sp³-hybridized carbons (Fsp3) is 0.933. The van der Waals surface area contributed by atoms with Crippen LogP contribution in [0.25, 0.3) is 0 Å². The van der Waals surface area contributed by atoms with Crippen molar-refractivity contribution < 1.29 is 34.7 Å². The van der Waals surface area contributed by atoms with Gasteiger partial charge in [0.2, 0.25) is 0 Å². The fourth-order valence-electron chi connectivity index (χ4n) is 5.93. The van der Waals surface area contributed by atoms with Crippen LogP contribution in [-0.4, -0.2) is 62.2 Å². The molecule has 0 radical (unpaired) electrons. The Bertz CT molecular complexity index is 576. The lowest BCUT2D eigenvalue weighted by molar-refractivity contribution is -0.258. The van der Waals surface area contributed by atoms with Crippen LogP contribution >= 0.6 is 0 Å². The van der Waals surface area contributed by atoms with Crippen LogP contribution in [0.2, 0.25) is 0 Å². The van der Waals surface area contributed by atoms with Gasteiger partial charge in [-0.1, -0.05) is 13.8 Å². The van der Waals surface area contributed by atoms with Crippen molar-refractivity contribution >= 4 is 5.97 Å². The Kier molecular flexibility index (Phi) is 2.37. The molecular weight excluding hydrogens is 292 g/mol. The number of carbonyl (C=O) groups excluding carboxylic acids is 1. The molecule has 0 aromatic carbocycles. The van der Waals surface area contributed by atoms with Gasteiger partial charge in [-0.25, -0.2) is 4.79 Å². The maximum atomic E-state index is 12.2. The summed E-state index contributed by atoms with van der Waals surface area (Å²) in [5, 5.41) is 43.3. The summed E-state index contributed by atoms with van der Waals surface area (Å²) in [7, 11) is 0. The van der Waals surface area contributed by atoms with Crippen molar-refractivity contribution in [3.8, 4) is 0 Å². The van der Waals surface area contributed by atoms with Gasteiger partial charge in [0.15, 0.2) is 11.9 Å². The lowest BCUT2D eigenvalue weighted by Crippen LogP contribution is -2.72. The third-order valence-electron chi connectivity index (χ3n) is 7.35. The zero-order chi connectivity index (χ0) is 16.3. The van der Waals surface area contributed by atoms with Crippen LogP contribution in [0.4, 0.5) is 0 Å². The van der Waals surface area contributed by atoms with E-state index in [9.17, 15) is 25.2 Å². The molecule has 0 aromatic heterocycles. The first-order valence-electron chi connectivity index (χ1n) is 7.68. The van der Waals surface area contributed by atoms with Crippen molar-refractivity contribution in [1.82, 2.24) is 0 Å². The standard InChI is InChI=1S/C15H22O7/c1-7-4-8(16)15-11(2)6-21-10(18)9(17)13(7,15)5-14(20,22-15)12(11,3)19/h7-9,16-17,19-20H,4-6H2,1-3H3/t7-,8-,9+,11-,12-,13+,14+,15+/m1/s1. The second-order valence-corrected chi connectivity index (χ2v) is 7.91. The molecule has 124 valence electrons. The van der Waals surface area contributed by atoms with E-state index in [-0.39, 0.29) is 18.9 Å². The van der Waals surface area contributed by atoms with Gasteiger partial charge in [-0.05, 0) is 19.3 Å². The molecule has 7 heteroatoms. The minimum absolute atomic E-state index is 0.114. The minimum atomic E-state index is -1.94. The number of aliphatic hydroxyl groups excluding tert-OH is 2. The number of ether oxygens (including phenoxy) is 2. The Morgan fingerprint density at radius 3 is 2.50 bits per heavy atom. The van der Waals surface area contributed by atoms with E-state index in [1.165, 1.54) is 6.92 Å². The van der Waals surface area contributed by atoms with Gasteiger partial charge in [0.05, 0.1) is 11.5 Å². The van der Waals surface area contributed by atoms with Gasteiger partial charge >= 0.3 is 5.97 Å². The lowest BCUT2D eigenvalue weighted by Gasteiger charge is -2.56. The maximum absolute atomic E-state index is 12.2. The summed E-state index contributed by atoms with van der Waals surface area (Å²) in [6.07, 6.45) is -2.31. The van der Waals surface area contributed by atoms with Crippen LogP contribution in [-0.2, 0) is 14.3 Å². The van der Waals surface area contributed by atoms with E-state index in [0.29, 0.717) is 6.42 Å². The third-order valence-corrected chi connectivity index (χ3v) is 7.35. The number of cyclic esters (lactones) is 1. The van der Waals surface area contributed by atoms with Gasteiger partial charge in [-0.3, -0.25) is 0 Å². The van der Waals surface area contributed by atoms with Crippen LogP contribution in [0, 0.1) is 16.7 Å². The van der Waals surface area contributed by atoms with Gasteiger partial charge < -0.3 is 29.9 Å². The molecule has 4 rings (SSSR count). The summed E-state index contributed by atoms with van der Waals surface area (Å²) in [4.78, 5) is 12.2. The summed E-state index contributed by atoms with van der Waals surface area (Å²) < 4.78 is 11.1. The van der Waals surface area contributed by atoms with Crippen molar-refractivity contribution in [1.29, 1.82) is 0 Å². The first kappa shape index (κ1) is 14.8. The molecule has 8 atom stereocenters. The van der Waals surface area contributed by atoms with E-state index in [4.69, 9.17) is 9.47 Å². The smallest absolute Gasteiger partial charge is 0.335 e. The maximum Gasteiger partial charge on any atom is 0.335 e. The van der Waals surface area contributed by atoms with Crippen LogP contribution in [0.1, 0.15) is 33.6 Å². The minimum Gasteiger partial charge on any atom is -0.463 e. The molecule has 3 saturated heterocycles. The number of carbonyl (C=O) groups is 1. The van der Waals surface area contributed by atoms with Gasteiger partial charge in [-0.15, -0.1) is 0 Å². The van der Waals surface area contributed by atoms with Crippen molar-refractivity contribution in [2.24, 2.45) is 16.7 Å². The highest BCUT2D eigenvalue weighted by atomic mass is 16.7. The predicted octanol–water partition coefficient (Wildman–Crippen LogP) is -1.09. The zero-order valence-corrected chi connectivity index (χ0v) is 12.9. The molecule has 4 aliphatic rings. The molecule has 2 bridgehead atoms. The normalized spacial score (nSPS) is 66.1. The fourth-order valence-corrected chi connectivity index (χ4v) is 5.93. The molecule has 4 N–H and O–H groups in total. The predicted molar refractivity (Wildman–Crippen MR) is 71.3 cm³/mol. The molecule has 0 unspecified atom stereocenters. The Morgan fingerprint density at radius 1 is 1.23 bits per heavy atom. The van der Waals surface area contributed by atoms with E-state index in [1.807, 2.05) is 6.92 Å². The van der Waals surface area contributed by atoms with Gasteiger partial charge in [0.25, 0.3) is 0 Å². The lowest BCUT2D eigenvalue weighted by atomic mass is 9.47. The van der Waals surface area contributed by atoms with E-state index >= 15 is 0 Å². The highest BCUT2D eigenvalue weighted by Gasteiger charge is 2.93. The van der Waals surface area contributed by atoms with Crippen molar-refractivity contribution in [2.45, 2.75) is 62.8 Å². The van der Waals surface area contributed by atoms with Gasteiger partial charge in [0, 0.05) is 11.8 Å². The highest BCUT2D eigenvalue weighted by molar-refractivity contribution is 5.77. The number of aliphatic hydroxyl groups is 4. The molecule has 7 nitrogen and oxygen atoms in total. The van der Waals surface area contributed by atoms with Crippen LogP contribution in [0.5, 0.6) is 0 Å². The number of fused-ring (bicyclic) bond motifs is 1. The summed E-state index contributed by atoms with van der Waals surface area (Å²) in [6, 6.07) is 0. The van der Waals surface area contributed by atoms with Crippen molar-refractivity contribution in [3.63, 3.8) is 0 Å². The number of rotatable bonds is 0. The Balaban J connectivity index is 2.08. The monoisotopic (exact) mass is 314 g/mol. The van der Waals surface area contributed by atoms with E-state index < -0.39 is 46.0 Å². The summed E-state index contributed by atoms with van der Waals surface area (Å²) >= 11 is 0. The molecule has 0 aromatic rings. The Hall–Kier alpha value is -0.730. The van der Waals surface area contributed by atoms with E-state index in [0.717, 1.165) is 0 Å². The van der Waals surface area contributed by atoms with Gasteiger partial charge in [0.1, 0.15) is 17.8 Å². The molecule has 4 fully saturated rings. The SMILES string of the molecule is C[C@@H]1C[C@@H](O)[C@@]23O[C@@]4(O)C[C@@]12[C@@H](O)C(=O)OC[C@]3(C)[C@@]4(C)O. The van der Waals surface area contributed by atoms with Crippen LogP contribution in [0.3, 0.4) is 0 Å². The molecule has 0 amide bonds. The molecular formula is C15H22O7. The van der Waals surface area contributed by atoms with Gasteiger partial charge in [-0.2, -0.15) is 0 Å². The largest absolute Gasteiger partial charge is 0.463 e. The Labute approximate surface area is 127 Å². The zero-order valence-electron chi connectivity index (χ0n) is 12.9. The Morgan fingerprint density at radius 2 is 1.86 bits per heavy atom. The van der Waals surface area contributed by atoms with Crippen molar-refractivity contribution in [3.05, 3.63) is 0 Å².